The molecule has 22 heavy (non-hydrogen) atoms. The van der Waals surface area contributed by atoms with E-state index < -0.39 is 0 Å². The van der Waals surface area contributed by atoms with E-state index in [1.165, 1.54) is 63.4 Å². The fraction of sp³-hybridized carbons (Fsp3) is 0.727. The van der Waals surface area contributed by atoms with E-state index in [0.29, 0.717) is 5.92 Å². The molecule has 0 aliphatic rings. The van der Waals surface area contributed by atoms with Crippen LogP contribution >= 0.6 is 0 Å². The van der Waals surface area contributed by atoms with Crippen molar-refractivity contribution >= 4 is 0 Å². The van der Waals surface area contributed by atoms with E-state index in [1.54, 1.807) is 0 Å². The van der Waals surface area contributed by atoms with Gasteiger partial charge in [0.1, 0.15) is 0 Å². The van der Waals surface area contributed by atoms with Gasteiger partial charge in [0.15, 0.2) is 0 Å². The quantitative estimate of drug-likeness (QED) is 0.349. The zero-order valence-electron chi connectivity index (χ0n) is 15.5. The molecule has 126 valence electrons. The fourth-order valence-electron chi connectivity index (χ4n) is 3.24. The van der Waals surface area contributed by atoms with Gasteiger partial charge in [-0.15, -0.1) is 0 Å². The molecule has 0 aliphatic heterocycles. The average Bonchev–Trinajstić information content (AvgIpc) is 2.53. The molecule has 2 unspecified atom stereocenters. The van der Waals surface area contributed by atoms with E-state index in [1.807, 2.05) is 0 Å². The van der Waals surface area contributed by atoms with Crippen molar-refractivity contribution in [2.24, 2.45) is 11.8 Å². The molecule has 0 aromatic heterocycles. The van der Waals surface area contributed by atoms with Gasteiger partial charge in [-0.1, -0.05) is 116 Å². The van der Waals surface area contributed by atoms with E-state index in [-0.39, 0.29) is 0 Å². The van der Waals surface area contributed by atoms with Crippen LogP contribution in [0.3, 0.4) is 0 Å². The highest BCUT2D eigenvalue weighted by molar-refractivity contribution is 5.19. The monoisotopic (exact) mass is 302 g/mol. The minimum atomic E-state index is 0.692. The van der Waals surface area contributed by atoms with Crippen LogP contribution in [0.1, 0.15) is 97.0 Å². The van der Waals surface area contributed by atoms with Crippen molar-refractivity contribution in [2.75, 3.05) is 0 Å². The highest BCUT2D eigenvalue weighted by Crippen LogP contribution is 2.28. The third kappa shape index (κ3) is 8.61. The first-order valence-corrected chi connectivity index (χ1v) is 9.66. The van der Waals surface area contributed by atoms with Crippen LogP contribution in [-0.4, -0.2) is 0 Å². The molecule has 0 fully saturated rings. The zero-order chi connectivity index (χ0) is 16.2. The molecule has 1 aromatic rings. The Bertz CT molecular complexity index is 352. The van der Waals surface area contributed by atoms with Crippen LogP contribution < -0.4 is 0 Å². The van der Waals surface area contributed by atoms with Crippen LogP contribution in [0, 0.1) is 11.8 Å². The highest BCUT2D eigenvalue weighted by Gasteiger charge is 2.13. The van der Waals surface area contributed by atoms with Crippen molar-refractivity contribution in [3.05, 3.63) is 35.9 Å². The van der Waals surface area contributed by atoms with E-state index in [0.717, 1.165) is 11.8 Å². The number of hydrogen-bond donors (Lipinski definition) is 0. The standard InChI is InChI=1S/C22H38/c1-19(2)15-11-8-6-5-7-9-12-16-20(3)21(4)22-17-13-10-14-18-22/h10,13-14,17-21H,5-9,11-12,15-16H2,1-4H3. The topological polar surface area (TPSA) is 0 Å². The molecule has 0 radical (unpaired) electrons. The first-order valence-electron chi connectivity index (χ1n) is 9.66. The Labute approximate surface area is 139 Å². The summed E-state index contributed by atoms with van der Waals surface area (Å²) in [6, 6.07) is 11.0. The minimum Gasteiger partial charge on any atom is -0.0628 e. The lowest BCUT2D eigenvalue weighted by atomic mass is 9.85. The summed E-state index contributed by atoms with van der Waals surface area (Å²) in [6.07, 6.45) is 12.8. The predicted octanol–water partition coefficient (Wildman–Crippen LogP) is 7.59. The van der Waals surface area contributed by atoms with E-state index >= 15 is 0 Å². The van der Waals surface area contributed by atoms with Crippen molar-refractivity contribution in [1.82, 2.24) is 0 Å². The second-order valence-corrected chi connectivity index (χ2v) is 7.62. The first kappa shape index (κ1) is 19.3. The smallest absolute Gasteiger partial charge is 0.0165 e. The average molecular weight is 303 g/mol. The largest absolute Gasteiger partial charge is 0.0628 e. The third-order valence-electron chi connectivity index (χ3n) is 5.12. The van der Waals surface area contributed by atoms with Gasteiger partial charge < -0.3 is 0 Å². The predicted molar refractivity (Wildman–Crippen MR) is 100 cm³/mol. The lowest BCUT2D eigenvalue weighted by molar-refractivity contribution is 0.424. The molecule has 0 heterocycles. The Morgan fingerprint density at radius 2 is 1.14 bits per heavy atom. The van der Waals surface area contributed by atoms with Gasteiger partial charge in [0.25, 0.3) is 0 Å². The Morgan fingerprint density at radius 3 is 1.68 bits per heavy atom. The minimum absolute atomic E-state index is 0.692. The highest BCUT2D eigenvalue weighted by atomic mass is 14.2. The van der Waals surface area contributed by atoms with Crippen LogP contribution in [0.5, 0.6) is 0 Å². The lowest BCUT2D eigenvalue weighted by Crippen LogP contribution is -2.06. The van der Waals surface area contributed by atoms with E-state index in [9.17, 15) is 0 Å². The van der Waals surface area contributed by atoms with Gasteiger partial charge in [0.05, 0.1) is 0 Å². The molecule has 2 atom stereocenters. The molecule has 1 aromatic carbocycles. The van der Waals surface area contributed by atoms with Crippen molar-refractivity contribution in [3.63, 3.8) is 0 Å². The summed E-state index contributed by atoms with van der Waals surface area (Å²) in [5.74, 6) is 2.37. The van der Waals surface area contributed by atoms with Gasteiger partial charge in [0.2, 0.25) is 0 Å². The lowest BCUT2D eigenvalue weighted by Gasteiger charge is -2.20. The maximum absolute atomic E-state index is 2.42. The first-order chi connectivity index (χ1) is 10.6. The maximum atomic E-state index is 2.42. The summed E-state index contributed by atoms with van der Waals surface area (Å²) in [5, 5.41) is 0. The molecule has 0 saturated heterocycles. The molecule has 1 rings (SSSR count). The molecule has 0 amide bonds. The van der Waals surface area contributed by atoms with Crippen LogP contribution in [0.25, 0.3) is 0 Å². The summed E-state index contributed by atoms with van der Waals surface area (Å²) in [6.45, 7) is 9.47. The van der Waals surface area contributed by atoms with Crippen LogP contribution in [-0.2, 0) is 0 Å². The van der Waals surface area contributed by atoms with Gasteiger partial charge in [-0.05, 0) is 23.3 Å². The fourth-order valence-corrected chi connectivity index (χ4v) is 3.24. The summed E-state index contributed by atoms with van der Waals surface area (Å²) >= 11 is 0. The molecule has 0 bridgehead atoms. The van der Waals surface area contributed by atoms with Crippen molar-refractivity contribution in [2.45, 2.75) is 91.4 Å². The summed E-state index contributed by atoms with van der Waals surface area (Å²) < 4.78 is 0. The van der Waals surface area contributed by atoms with Gasteiger partial charge in [-0.25, -0.2) is 0 Å². The van der Waals surface area contributed by atoms with Gasteiger partial charge in [-0.2, -0.15) is 0 Å². The normalized spacial score (nSPS) is 14.2. The summed E-state index contributed by atoms with van der Waals surface area (Å²) in [5.41, 5.74) is 1.50. The Balaban J connectivity index is 2.00. The zero-order valence-corrected chi connectivity index (χ0v) is 15.5. The van der Waals surface area contributed by atoms with Gasteiger partial charge in [-0.3, -0.25) is 0 Å². The van der Waals surface area contributed by atoms with Crippen LogP contribution in [0.2, 0.25) is 0 Å². The van der Waals surface area contributed by atoms with Gasteiger partial charge in [0, 0.05) is 0 Å². The number of unbranched alkanes of at least 4 members (excludes halogenated alkanes) is 6. The van der Waals surface area contributed by atoms with Crippen LogP contribution in [0.4, 0.5) is 0 Å². The third-order valence-corrected chi connectivity index (χ3v) is 5.12. The van der Waals surface area contributed by atoms with Crippen molar-refractivity contribution < 1.29 is 0 Å². The molecular formula is C22H38. The summed E-state index contributed by atoms with van der Waals surface area (Å²) in [7, 11) is 0. The van der Waals surface area contributed by atoms with E-state index in [2.05, 4.69) is 58.0 Å². The maximum Gasteiger partial charge on any atom is -0.0165 e. The molecule has 0 saturated carbocycles. The molecule has 0 N–H and O–H groups in total. The molecular weight excluding hydrogens is 264 g/mol. The summed E-state index contributed by atoms with van der Waals surface area (Å²) in [4.78, 5) is 0. The number of rotatable bonds is 12. The van der Waals surface area contributed by atoms with Crippen molar-refractivity contribution in [3.8, 4) is 0 Å². The Kier molecular flexibility index (Phi) is 10.3. The van der Waals surface area contributed by atoms with Crippen molar-refractivity contribution in [1.29, 1.82) is 0 Å². The Hall–Kier alpha value is -0.780. The molecule has 0 aliphatic carbocycles. The second-order valence-electron chi connectivity index (χ2n) is 7.62. The number of benzene rings is 1. The number of hydrogen-bond acceptors (Lipinski definition) is 0. The molecule has 0 spiro atoms. The van der Waals surface area contributed by atoms with E-state index in [4.69, 9.17) is 0 Å². The molecule has 0 heteroatoms. The SMILES string of the molecule is CC(C)CCCCCCCCCC(C)C(C)c1ccccc1. The Morgan fingerprint density at radius 1 is 0.636 bits per heavy atom. The second kappa shape index (κ2) is 11.7. The van der Waals surface area contributed by atoms with Gasteiger partial charge >= 0.3 is 0 Å². The van der Waals surface area contributed by atoms with Crippen LogP contribution in [0.15, 0.2) is 30.3 Å². The molecule has 0 nitrogen and oxygen atoms in total.